The van der Waals surface area contributed by atoms with Gasteiger partial charge in [0, 0.05) is 16.8 Å². The molecular weight excluding hydrogens is 342 g/mol. The molecule has 0 spiro atoms. The minimum absolute atomic E-state index is 0.158. The third-order valence-electron chi connectivity index (χ3n) is 3.69. The lowest BCUT2D eigenvalue weighted by atomic mass is 10.1. The summed E-state index contributed by atoms with van der Waals surface area (Å²) in [5.74, 6) is -0.495. The van der Waals surface area contributed by atoms with Crippen LogP contribution in [-0.4, -0.2) is 23.1 Å². The lowest BCUT2D eigenvalue weighted by Crippen LogP contribution is -2.18. The third-order valence-corrected chi connectivity index (χ3v) is 3.69. The molecule has 0 bridgehead atoms. The number of anilines is 1. The zero-order chi connectivity index (χ0) is 19.1. The number of carbonyl (C=O) groups excluding carboxylic acids is 2. The number of phenols is 1. The highest BCUT2D eigenvalue weighted by molar-refractivity contribution is 6.05. The van der Waals surface area contributed by atoms with Crippen LogP contribution in [0.25, 0.3) is 0 Å². The molecule has 134 valence electrons. The summed E-state index contributed by atoms with van der Waals surface area (Å²) in [6.07, 6.45) is 1.47. The van der Waals surface area contributed by atoms with Crippen LogP contribution in [0.15, 0.2) is 84.0 Å². The molecule has 6 nitrogen and oxygen atoms in total. The van der Waals surface area contributed by atoms with Crippen molar-refractivity contribution in [1.29, 1.82) is 0 Å². The number of benzene rings is 3. The van der Waals surface area contributed by atoms with Gasteiger partial charge in [0.2, 0.25) is 0 Å². The fourth-order valence-electron chi connectivity index (χ4n) is 2.32. The van der Waals surface area contributed by atoms with E-state index in [0.717, 1.165) is 5.56 Å². The summed E-state index contributed by atoms with van der Waals surface area (Å²) < 4.78 is 0. The maximum absolute atomic E-state index is 12.2. The Morgan fingerprint density at radius 1 is 0.815 bits per heavy atom. The topological polar surface area (TPSA) is 90.8 Å². The fourth-order valence-corrected chi connectivity index (χ4v) is 2.32. The second-order valence-electron chi connectivity index (χ2n) is 5.69. The van der Waals surface area contributed by atoms with Crippen LogP contribution in [-0.2, 0) is 0 Å². The predicted molar refractivity (Wildman–Crippen MR) is 104 cm³/mol. The number of nitrogens with one attached hydrogen (secondary N) is 2. The molecule has 0 aliphatic carbocycles. The van der Waals surface area contributed by atoms with Crippen molar-refractivity contribution in [2.75, 3.05) is 5.32 Å². The minimum atomic E-state index is -0.402. The normalized spacial score (nSPS) is 10.5. The number of hydrogen-bond donors (Lipinski definition) is 3. The number of amides is 2. The molecule has 0 heterocycles. The van der Waals surface area contributed by atoms with Crippen molar-refractivity contribution >= 4 is 23.7 Å². The van der Waals surface area contributed by atoms with E-state index < -0.39 is 5.91 Å². The van der Waals surface area contributed by atoms with E-state index in [1.165, 1.54) is 18.3 Å². The lowest BCUT2D eigenvalue weighted by Gasteiger charge is -2.07. The summed E-state index contributed by atoms with van der Waals surface area (Å²) in [5.41, 5.74) is 4.57. The quantitative estimate of drug-likeness (QED) is 0.482. The maximum Gasteiger partial charge on any atom is 0.271 e. The van der Waals surface area contributed by atoms with Crippen molar-refractivity contribution in [2.45, 2.75) is 0 Å². The Bertz CT molecular complexity index is 967. The molecule has 0 radical (unpaired) electrons. The Morgan fingerprint density at radius 2 is 1.52 bits per heavy atom. The van der Waals surface area contributed by atoms with Gasteiger partial charge in [-0.1, -0.05) is 24.3 Å². The van der Waals surface area contributed by atoms with Gasteiger partial charge < -0.3 is 10.4 Å². The van der Waals surface area contributed by atoms with Gasteiger partial charge in [-0.15, -0.1) is 0 Å². The Balaban J connectivity index is 1.63. The highest BCUT2D eigenvalue weighted by atomic mass is 16.3. The van der Waals surface area contributed by atoms with Gasteiger partial charge in [-0.25, -0.2) is 5.43 Å². The monoisotopic (exact) mass is 359 g/mol. The third kappa shape index (κ3) is 5.02. The molecule has 2 amide bonds. The van der Waals surface area contributed by atoms with Gasteiger partial charge in [0.25, 0.3) is 11.8 Å². The van der Waals surface area contributed by atoms with Crippen LogP contribution in [0.2, 0.25) is 0 Å². The highest BCUT2D eigenvalue weighted by Crippen LogP contribution is 2.13. The number of hydrogen-bond acceptors (Lipinski definition) is 4. The van der Waals surface area contributed by atoms with Gasteiger partial charge in [-0.05, 0) is 60.2 Å². The van der Waals surface area contributed by atoms with Crippen LogP contribution in [0.3, 0.4) is 0 Å². The molecule has 0 unspecified atom stereocenters. The molecule has 27 heavy (non-hydrogen) atoms. The number of phenolic OH excluding ortho intramolecular Hbond substituents is 1. The van der Waals surface area contributed by atoms with Crippen molar-refractivity contribution in [3.63, 3.8) is 0 Å². The number of nitrogens with zero attached hydrogens (tertiary/aromatic N) is 1. The predicted octanol–water partition coefficient (Wildman–Crippen LogP) is 3.41. The Kier molecular flexibility index (Phi) is 5.59. The average Bonchev–Trinajstić information content (AvgIpc) is 2.70. The van der Waals surface area contributed by atoms with Crippen LogP contribution < -0.4 is 10.7 Å². The van der Waals surface area contributed by atoms with Gasteiger partial charge in [0.05, 0.1) is 6.21 Å². The molecule has 3 rings (SSSR count). The highest BCUT2D eigenvalue weighted by Gasteiger charge is 2.08. The first-order chi connectivity index (χ1) is 13.1. The first-order valence-corrected chi connectivity index (χ1v) is 8.21. The van der Waals surface area contributed by atoms with Crippen LogP contribution >= 0.6 is 0 Å². The minimum Gasteiger partial charge on any atom is -0.508 e. The molecule has 0 aliphatic heterocycles. The zero-order valence-corrected chi connectivity index (χ0v) is 14.3. The van der Waals surface area contributed by atoms with Gasteiger partial charge in [0.1, 0.15) is 5.75 Å². The Labute approximate surface area is 156 Å². The SMILES string of the molecule is O=C(N/N=C\c1ccc(O)cc1)c1cccc(NC(=O)c2ccccc2)c1. The summed E-state index contributed by atoms with van der Waals surface area (Å²) in [4.78, 5) is 24.4. The Hall–Kier alpha value is -3.93. The van der Waals surface area contributed by atoms with Gasteiger partial charge in [0.15, 0.2) is 0 Å². The molecule has 0 saturated carbocycles. The van der Waals surface area contributed by atoms with E-state index in [0.29, 0.717) is 16.8 Å². The van der Waals surface area contributed by atoms with Crippen molar-refractivity contribution < 1.29 is 14.7 Å². The van der Waals surface area contributed by atoms with Gasteiger partial charge >= 0.3 is 0 Å². The molecule has 3 N–H and O–H groups in total. The van der Waals surface area contributed by atoms with Crippen LogP contribution in [0.1, 0.15) is 26.3 Å². The van der Waals surface area contributed by atoms with Crippen LogP contribution in [0.5, 0.6) is 5.75 Å². The number of aromatic hydroxyl groups is 1. The molecule has 0 fully saturated rings. The van der Waals surface area contributed by atoms with E-state index in [4.69, 9.17) is 0 Å². The van der Waals surface area contributed by atoms with E-state index >= 15 is 0 Å². The zero-order valence-electron chi connectivity index (χ0n) is 14.3. The molecule has 6 heteroatoms. The summed E-state index contributed by atoms with van der Waals surface area (Å²) in [6, 6.07) is 21.8. The molecule has 0 aliphatic rings. The second-order valence-corrected chi connectivity index (χ2v) is 5.69. The largest absolute Gasteiger partial charge is 0.508 e. The molecule has 3 aromatic carbocycles. The van der Waals surface area contributed by atoms with Crippen molar-refractivity contribution in [2.24, 2.45) is 5.10 Å². The van der Waals surface area contributed by atoms with E-state index in [-0.39, 0.29) is 11.7 Å². The van der Waals surface area contributed by atoms with Crippen molar-refractivity contribution in [1.82, 2.24) is 5.43 Å². The standard InChI is InChI=1S/C21H17N3O3/c25-19-11-9-15(10-12-19)14-22-24-21(27)17-7-4-8-18(13-17)23-20(26)16-5-2-1-3-6-16/h1-14,25H,(H,23,26)(H,24,27)/b22-14-. The van der Waals surface area contributed by atoms with Crippen LogP contribution in [0.4, 0.5) is 5.69 Å². The number of rotatable bonds is 5. The lowest BCUT2D eigenvalue weighted by molar-refractivity contribution is 0.0953. The number of hydrazone groups is 1. The fraction of sp³-hybridized carbons (Fsp3) is 0. The van der Waals surface area contributed by atoms with E-state index in [1.54, 1.807) is 60.7 Å². The van der Waals surface area contributed by atoms with E-state index in [9.17, 15) is 14.7 Å². The van der Waals surface area contributed by atoms with Gasteiger partial charge in [-0.2, -0.15) is 5.10 Å². The van der Waals surface area contributed by atoms with E-state index in [1.807, 2.05) is 6.07 Å². The van der Waals surface area contributed by atoms with Crippen molar-refractivity contribution in [3.8, 4) is 5.75 Å². The molecule has 0 atom stereocenters. The smallest absolute Gasteiger partial charge is 0.271 e. The molecular formula is C21H17N3O3. The average molecular weight is 359 g/mol. The Morgan fingerprint density at radius 3 is 2.26 bits per heavy atom. The summed E-state index contributed by atoms with van der Waals surface area (Å²) in [6.45, 7) is 0. The molecule has 3 aromatic rings. The van der Waals surface area contributed by atoms with Crippen LogP contribution in [0, 0.1) is 0 Å². The molecule has 0 aromatic heterocycles. The summed E-state index contributed by atoms with van der Waals surface area (Å²) in [5, 5.41) is 15.9. The van der Waals surface area contributed by atoms with Gasteiger partial charge in [-0.3, -0.25) is 9.59 Å². The van der Waals surface area contributed by atoms with Crippen molar-refractivity contribution in [3.05, 3.63) is 95.6 Å². The maximum atomic E-state index is 12.2. The first kappa shape index (κ1) is 17.9. The molecule has 0 saturated heterocycles. The summed E-state index contributed by atoms with van der Waals surface area (Å²) >= 11 is 0. The van der Waals surface area contributed by atoms with E-state index in [2.05, 4.69) is 15.8 Å². The first-order valence-electron chi connectivity index (χ1n) is 8.21. The summed E-state index contributed by atoms with van der Waals surface area (Å²) in [7, 11) is 0. The number of carbonyl (C=O) groups is 2. The second kappa shape index (κ2) is 8.44.